The molecule has 0 saturated heterocycles. The van der Waals surface area contributed by atoms with Gasteiger partial charge < -0.3 is 4.74 Å². The standard InChI is InChI=1S/C12H8Cl2F2N2O/c1-19-9-4-6(2-3-7(9)13)8-5-17-10(12(15)16)11(14)18-8/h2-5,12H,1H3. The van der Waals surface area contributed by atoms with Gasteiger partial charge in [0.05, 0.1) is 24.0 Å². The van der Waals surface area contributed by atoms with Crippen LogP contribution in [0.3, 0.4) is 0 Å². The minimum absolute atomic E-state index is 0.318. The second-order valence-corrected chi connectivity index (χ2v) is 4.35. The third kappa shape index (κ3) is 2.93. The van der Waals surface area contributed by atoms with Crippen molar-refractivity contribution in [3.63, 3.8) is 0 Å². The maximum Gasteiger partial charge on any atom is 0.283 e. The molecule has 7 heteroatoms. The Hall–Kier alpha value is -1.46. The van der Waals surface area contributed by atoms with E-state index in [1.54, 1.807) is 18.2 Å². The molecule has 0 aliphatic heterocycles. The highest BCUT2D eigenvalue weighted by Gasteiger charge is 2.16. The zero-order chi connectivity index (χ0) is 14.0. The van der Waals surface area contributed by atoms with Crippen LogP contribution in [0.25, 0.3) is 11.3 Å². The second kappa shape index (κ2) is 5.67. The molecular weight excluding hydrogens is 297 g/mol. The topological polar surface area (TPSA) is 35.0 Å². The van der Waals surface area contributed by atoms with E-state index < -0.39 is 12.1 Å². The van der Waals surface area contributed by atoms with Gasteiger partial charge in [-0.05, 0) is 12.1 Å². The van der Waals surface area contributed by atoms with Crippen molar-refractivity contribution in [1.29, 1.82) is 0 Å². The molecule has 100 valence electrons. The first kappa shape index (κ1) is 14.0. The van der Waals surface area contributed by atoms with E-state index in [1.165, 1.54) is 13.3 Å². The van der Waals surface area contributed by atoms with Crippen molar-refractivity contribution in [2.45, 2.75) is 6.43 Å². The number of hydrogen-bond donors (Lipinski definition) is 0. The molecule has 0 unspecified atom stereocenters. The fraction of sp³-hybridized carbons (Fsp3) is 0.167. The molecule has 1 aromatic carbocycles. The Balaban J connectivity index is 2.45. The average molecular weight is 305 g/mol. The van der Waals surface area contributed by atoms with Crippen LogP contribution in [0.5, 0.6) is 5.75 Å². The Labute approximate surface area is 118 Å². The molecule has 2 rings (SSSR count). The summed E-state index contributed by atoms with van der Waals surface area (Å²) < 4.78 is 30.1. The third-order valence-electron chi connectivity index (χ3n) is 2.41. The summed E-state index contributed by atoms with van der Waals surface area (Å²) in [6.07, 6.45) is -1.52. The monoisotopic (exact) mass is 304 g/mol. The van der Waals surface area contributed by atoms with Crippen LogP contribution in [0.4, 0.5) is 8.78 Å². The fourth-order valence-electron chi connectivity index (χ4n) is 1.48. The molecule has 1 aromatic heterocycles. The van der Waals surface area contributed by atoms with Gasteiger partial charge in [-0.1, -0.05) is 29.3 Å². The summed E-state index contributed by atoms with van der Waals surface area (Å²) in [5.74, 6) is 0.454. The molecular formula is C12H8Cl2F2N2O. The number of ether oxygens (including phenoxy) is 1. The van der Waals surface area contributed by atoms with Gasteiger partial charge in [-0.3, -0.25) is 0 Å². The summed E-state index contributed by atoms with van der Waals surface area (Å²) in [6, 6.07) is 4.92. The molecule has 0 radical (unpaired) electrons. The van der Waals surface area contributed by atoms with E-state index in [2.05, 4.69) is 9.97 Å². The lowest BCUT2D eigenvalue weighted by Crippen LogP contribution is -1.96. The van der Waals surface area contributed by atoms with E-state index >= 15 is 0 Å². The smallest absolute Gasteiger partial charge is 0.283 e. The van der Waals surface area contributed by atoms with Crippen molar-refractivity contribution >= 4 is 23.2 Å². The van der Waals surface area contributed by atoms with Crippen molar-refractivity contribution in [3.8, 4) is 17.0 Å². The Morgan fingerprint density at radius 2 is 2.00 bits per heavy atom. The number of alkyl halides is 2. The van der Waals surface area contributed by atoms with Crippen molar-refractivity contribution < 1.29 is 13.5 Å². The second-order valence-electron chi connectivity index (χ2n) is 3.58. The number of nitrogens with zero attached hydrogens (tertiary/aromatic N) is 2. The summed E-state index contributed by atoms with van der Waals surface area (Å²) in [5, 5.41) is 0.121. The molecule has 0 spiro atoms. The predicted octanol–water partition coefficient (Wildman–Crippen LogP) is 4.40. The molecule has 0 N–H and O–H groups in total. The summed E-state index contributed by atoms with van der Waals surface area (Å²) in [7, 11) is 1.48. The number of aromatic nitrogens is 2. The number of hydrogen-bond acceptors (Lipinski definition) is 3. The van der Waals surface area contributed by atoms with Gasteiger partial charge in [-0.2, -0.15) is 0 Å². The molecule has 0 aliphatic carbocycles. The van der Waals surface area contributed by atoms with Crippen LogP contribution in [0, 0.1) is 0 Å². The first-order valence-corrected chi connectivity index (χ1v) is 5.93. The molecule has 2 aromatic rings. The van der Waals surface area contributed by atoms with Crippen LogP contribution in [-0.2, 0) is 0 Å². The van der Waals surface area contributed by atoms with Crippen LogP contribution in [0.2, 0.25) is 10.2 Å². The van der Waals surface area contributed by atoms with E-state index in [9.17, 15) is 8.78 Å². The quantitative estimate of drug-likeness (QED) is 0.843. The number of benzene rings is 1. The number of halogens is 4. The molecule has 3 nitrogen and oxygen atoms in total. The SMILES string of the molecule is COc1cc(-c2cnc(C(F)F)c(Cl)n2)ccc1Cl. The fourth-order valence-corrected chi connectivity index (χ4v) is 1.90. The maximum atomic E-state index is 12.5. The first-order chi connectivity index (χ1) is 9.02. The highest BCUT2D eigenvalue weighted by molar-refractivity contribution is 6.32. The molecule has 1 heterocycles. The Morgan fingerprint density at radius 1 is 1.26 bits per heavy atom. The van der Waals surface area contributed by atoms with Gasteiger partial charge in [-0.15, -0.1) is 0 Å². The molecule has 0 saturated carbocycles. The maximum absolute atomic E-state index is 12.5. The van der Waals surface area contributed by atoms with Crippen LogP contribution < -0.4 is 4.74 Å². The highest BCUT2D eigenvalue weighted by Crippen LogP contribution is 2.31. The van der Waals surface area contributed by atoms with Gasteiger partial charge in [0.25, 0.3) is 6.43 Å². The van der Waals surface area contributed by atoms with Crippen molar-refractivity contribution in [2.75, 3.05) is 7.11 Å². The normalized spacial score (nSPS) is 10.8. The summed E-state index contributed by atoms with van der Waals surface area (Å²) in [6.45, 7) is 0. The zero-order valence-corrected chi connectivity index (χ0v) is 11.2. The van der Waals surface area contributed by atoms with Gasteiger partial charge in [0.1, 0.15) is 11.4 Å². The summed E-state index contributed by atoms with van der Waals surface area (Å²) >= 11 is 11.6. The molecule has 0 amide bonds. The predicted molar refractivity (Wildman–Crippen MR) is 69.0 cm³/mol. The lowest BCUT2D eigenvalue weighted by Gasteiger charge is -2.07. The van der Waals surface area contributed by atoms with E-state index in [1.807, 2.05) is 0 Å². The lowest BCUT2D eigenvalue weighted by atomic mass is 10.1. The van der Waals surface area contributed by atoms with Gasteiger partial charge in [0.15, 0.2) is 5.15 Å². The van der Waals surface area contributed by atoms with E-state index in [0.717, 1.165) is 0 Å². The Bertz CT molecular complexity index is 608. The molecule has 0 fully saturated rings. The Kier molecular flexibility index (Phi) is 4.17. The van der Waals surface area contributed by atoms with Crippen LogP contribution in [-0.4, -0.2) is 17.1 Å². The van der Waals surface area contributed by atoms with E-state index in [0.29, 0.717) is 22.0 Å². The molecule has 19 heavy (non-hydrogen) atoms. The van der Waals surface area contributed by atoms with Gasteiger partial charge in [0, 0.05) is 5.56 Å². The lowest BCUT2D eigenvalue weighted by molar-refractivity contribution is 0.146. The number of rotatable bonds is 3. The first-order valence-electron chi connectivity index (χ1n) is 5.17. The Morgan fingerprint density at radius 3 is 2.58 bits per heavy atom. The number of methoxy groups -OCH3 is 1. The zero-order valence-electron chi connectivity index (χ0n) is 9.70. The van der Waals surface area contributed by atoms with Gasteiger partial charge >= 0.3 is 0 Å². The largest absolute Gasteiger partial charge is 0.495 e. The summed E-state index contributed by atoms with van der Waals surface area (Å²) in [5.41, 5.74) is 0.451. The van der Waals surface area contributed by atoms with Crippen molar-refractivity contribution in [2.24, 2.45) is 0 Å². The van der Waals surface area contributed by atoms with E-state index in [-0.39, 0.29) is 5.15 Å². The van der Waals surface area contributed by atoms with Crippen LogP contribution >= 0.6 is 23.2 Å². The summed E-state index contributed by atoms with van der Waals surface area (Å²) in [4.78, 5) is 7.51. The molecule has 0 aliphatic rings. The van der Waals surface area contributed by atoms with Crippen LogP contribution in [0.1, 0.15) is 12.1 Å². The van der Waals surface area contributed by atoms with Crippen LogP contribution in [0.15, 0.2) is 24.4 Å². The van der Waals surface area contributed by atoms with Gasteiger partial charge in [-0.25, -0.2) is 18.7 Å². The minimum atomic E-state index is -2.76. The highest BCUT2D eigenvalue weighted by atomic mass is 35.5. The molecule has 0 bridgehead atoms. The van der Waals surface area contributed by atoms with Gasteiger partial charge in [0.2, 0.25) is 0 Å². The third-order valence-corrected chi connectivity index (χ3v) is 3.00. The van der Waals surface area contributed by atoms with Crippen molar-refractivity contribution in [3.05, 3.63) is 40.3 Å². The van der Waals surface area contributed by atoms with E-state index in [4.69, 9.17) is 27.9 Å². The average Bonchev–Trinajstić information content (AvgIpc) is 2.38. The minimum Gasteiger partial charge on any atom is -0.495 e. The van der Waals surface area contributed by atoms with Crippen molar-refractivity contribution in [1.82, 2.24) is 9.97 Å². The molecule has 0 atom stereocenters.